The Morgan fingerprint density at radius 3 is 2.67 bits per heavy atom. The lowest BCUT2D eigenvalue weighted by atomic mass is 9.96. The summed E-state index contributed by atoms with van der Waals surface area (Å²) in [6, 6.07) is 15.7. The molecule has 0 aromatic heterocycles. The largest absolute Gasteiger partial charge is 0.373 e. The zero-order valence-corrected chi connectivity index (χ0v) is 13.0. The Labute approximate surface area is 127 Å². The van der Waals surface area contributed by atoms with E-state index in [2.05, 4.69) is 61.6 Å². The summed E-state index contributed by atoms with van der Waals surface area (Å²) < 4.78 is 6.12. The van der Waals surface area contributed by atoms with Crippen molar-refractivity contribution in [3.8, 4) is 0 Å². The molecule has 1 aliphatic rings. The second-order valence-electron chi connectivity index (χ2n) is 6.10. The van der Waals surface area contributed by atoms with E-state index in [4.69, 9.17) is 4.74 Å². The predicted octanol–water partition coefficient (Wildman–Crippen LogP) is 4.45. The SMILES string of the molecule is CCCNC(c1ccc2ccccc2c1)C1CCC(C)O1. The van der Waals surface area contributed by atoms with Crippen LogP contribution in [-0.4, -0.2) is 18.8 Å². The summed E-state index contributed by atoms with van der Waals surface area (Å²) in [7, 11) is 0. The molecule has 3 unspecified atom stereocenters. The Morgan fingerprint density at radius 2 is 1.95 bits per heavy atom. The van der Waals surface area contributed by atoms with Crippen LogP contribution in [0.4, 0.5) is 0 Å². The molecule has 0 spiro atoms. The molecule has 21 heavy (non-hydrogen) atoms. The van der Waals surface area contributed by atoms with Gasteiger partial charge in [0.1, 0.15) is 0 Å². The molecule has 0 saturated carbocycles. The number of hydrogen-bond donors (Lipinski definition) is 1. The van der Waals surface area contributed by atoms with Gasteiger partial charge in [0.05, 0.1) is 18.2 Å². The Hall–Kier alpha value is -1.38. The summed E-state index contributed by atoms with van der Waals surface area (Å²) in [6.45, 7) is 5.42. The third-order valence-electron chi connectivity index (χ3n) is 4.38. The molecule has 1 heterocycles. The molecular weight excluding hydrogens is 258 g/mol. The number of nitrogens with one attached hydrogen (secondary N) is 1. The van der Waals surface area contributed by atoms with Gasteiger partial charge in [-0.25, -0.2) is 0 Å². The van der Waals surface area contributed by atoms with Gasteiger partial charge in [0.25, 0.3) is 0 Å². The van der Waals surface area contributed by atoms with E-state index < -0.39 is 0 Å². The van der Waals surface area contributed by atoms with E-state index in [1.807, 2.05) is 0 Å². The molecule has 3 rings (SSSR count). The van der Waals surface area contributed by atoms with Crippen molar-refractivity contribution in [1.29, 1.82) is 0 Å². The highest BCUT2D eigenvalue weighted by atomic mass is 16.5. The van der Waals surface area contributed by atoms with E-state index in [9.17, 15) is 0 Å². The summed E-state index contributed by atoms with van der Waals surface area (Å²) >= 11 is 0. The minimum Gasteiger partial charge on any atom is -0.373 e. The van der Waals surface area contributed by atoms with Crippen molar-refractivity contribution in [2.45, 2.75) is 51.4 Å². The van der Waals surface area contributed by atoms with Gasteiger partial charge in [0, 0.05) is 0 Å². The van der Waals surface area contributed by atoms with Crippen LogP contribution in [-0.2, 0) is 4.74 Å². The van der Waals surface area contributed by atoms with E-state index in [0.717, 1.165) is 19.4 Å². The standard InChI is InChI=1S/C19H25NO/c1-3-12-20-19(18-11-8-14(2)21-18)17-10-9-15-6-4-5-7-16(15)13-17/h4-7,9-10,13-14,18-20H,3,8,11-12H2,1-2H3. The second-order valence-corrected chi connectivity index (χ2v) is 6.10. The highest BCUT2D eigenvalue weighted by molar-refractivity contribution is 5.83. The van der Waals surface area contributed by atoms with Gasteiger partial charge in [-0.05, 0) is 55.1 Å². The second kappa shape index (κ2) is 6.59. The molecule has 0 radical (unpaired) electrons. The fraction of sp³-hybridized carbons (Fsp3) is 0.474. The summed E-state index contributed by atoms with van der Waals surface area (Å²) in [5, 5.41) is 6.30. The summed E-state index contributed by atoms with van der Waals surface area (Å²) in [4.78, 5) is 0. The quantitative estimate of drug-likeness (QED) is 0.875. The van der Waals surface area contributed by atoms with Crippen LogP contribution in [0.5, 0.6) is 0 Å². The maximum Gasteiger partial charge on any atom is 0.0774 e. The van der Waals surface area contributed by atoms with E-state index in [0.29, 0.717) is 18.2 Å². The molecule has 2 nitrogen and oxygen atoms in total. The van der Waals surface area contributed by atoms with E-state index in [-0.39, 0.29) is 0 Å². The van der Waals surface area contributed by atoms with Gasteiger partial charge in [-0.2, -0.15) is 0 Å². The smallest absolute Gasteiger partial charge is 0.0774 e. The zero-order chi connectivity index (χ0) is 14.7. The zero-order valence-electron chi connectivity index (χ0n) is 13.0. The Kier molecular flexibility index (Phi) is 4.57. The summed E-state index contributed by atoms with van der Waals surface area (Å²) in [6.07, 6.45) is 4.15. The fourth-order valence-corrected chi connectivity index (χ4v) is 3.24. The molecule has 0 bridgehead atoms. The Balaban J connectivity index is 1.89. The van der Waals surface area contributed by atoms with E-state index in [1.54, 1.807) is 0 Å². The molecule has 112 valence electrons. The first-order chi connectivity index (χ1) is 10.3. The molecule has 1 N–H and O–H groups in total. The molecule has 0 amide bonds. The van der Waals surface area contributed by atoms with Gasteiger partial charge in [-0.15, -0.1) is 0 Å². The van der Waals surface area contributed by atoms with Gasteiger partial charge in [-0.1, -0.05) is 43.3 Å². The van der Waals surface area contributed by atoms with Crippen molar-refractivity contribution in [3.63, 3.8) is 0 Å². The van der Waals surface area contributed by atoms with Crippen molar-refractivity contribution in [2.24, 2.45) is 0 Å². The van der Waals surface area contributed by atoms with Crippen LogP contribution >= 0.6 is 0 Å². The van der Waals surface area contributed by atoms with Gasteiger partial charge in [0.2, 0.25) is 0 Å². The monoisotopic (exact) mass is 283 g/mol. The lowest BCUT2D eigenvalue weighted by Crippen LogP contribution is -2.32. The van der Waals surface area contributed by atoms with Crippen molar-refractivity contribution < 1.29 is 4.74 Å². The lowest BCUT2D eigenvalue weighted by molar-refractivity contribution is 0.0316. The molecule has 1 fully saturated rings. The highest BCUT2D eigenvalue weighted by Crippen LogP contribution is 2.31. The first-order valence-corrected chi connectivity index (χ1v) is 8.15. The van der Waals surface area contributed by atoms with Crippen LogP contribution in [0, 0.1) is 0 Å². The van der Waals surface area contributed by atoms with Crippen LogP contribution < -0.4 is 5.32 Å². The van der Waals surface area contributed by atoms with Crippen LogP contribution in [0.2, 0.25) is 0 Å². The minimum absolute atomic E-state index is 0.299. The van der Waals surface area contributed by atoms with Crippen molar-refractivity contribution in [2.75, 3.05) is 6.54 Å². The van der Waals surface area contributed by atoms with Gasteiger partial charge in [-0.3, -0.25) is 0 Å². The van der Waals surface area contributed by atoms with Crippen LogP contribution in [0.25, 0.3) is 10.8 Å². The lowest BCUT2D eigenvalue weighted by Gasteiger charge is -2.25. The number of ether oxygens (including phenoxy) is 1. The third-order valence-corrected chi connectivity index (χ3v) is 4.38. The maximum atomic E-state index is 6.12. The maximum absolute atomic E-state index is 6.12. The van der Waals surface area contributed by atoms with Crippen LogP contribution in [0.1, 0.15) is 44.7 Å². The topological polar surface area (TPSA) is 21.3 Å². The summed E-state index contributed by atoms with van der Waals surface area (Å²) in [5.41, 5.74) is 1.35. The van der Waals surface area contributed by atoms with Crippen LogP contribution in [0.3, 0.4) is 0 Å². The van der Waals surface area contributed by atoms with Gasteiger partial charge < -0.3 is 10.1 Å². The molecule has 2 aromatic carbocycles. The van der Waals surface area contributed by atoms with Crippen molar-refractivity contribution >= 4 is 10.8 Å². The van der Waals surface area contributed by atoms with E-state index >= 15 is 0 Å². The first kappa shape index (κ1) is 14.6. The predicted molar refractivity (Wildman–Crippen MR) is 88.6 cm³/mol. The normalized spacial score (nSPS) is 23.5. The van der Waals surface area contributed by atoms with Crippen molar-refractivity contribution in [1.82, 2.24) is 5.32 Å². The first-order valence-electron chi connectivity index (χ1n) is 8.15. The van der Waals surface area contributed by atoms with Gasteiger partial charge >= 0.3 is 0 Å². The minimum atomic E-state index is 0.299. The average molecular weight is 283 g/mol. The average Bonchev–Trinajstić information content (AvgIpc) is 2.94. The summed E-state index contributed by atoms with van der Waals surface area (Å²) in [5.74, 6) is 0. The highest BCUT2D eigenvalue weighted by Gasteiger charge is 2.30. The van der Waals surface area contributed by atoms with Crippen molar-refractivity contribution in [3.05, 3.63) is 48.0 Å². The number of fused-ring (bicyclic) bond motifs is 1. The molecule has 2 aromatic rings. The van der Waals surface area contributed by atoms with Crippen LogP contribution in [0.15, 0.2) is 42.5 Å². The molecule has 1 aliphatic heterocycles. The third kappa shape index (κ3) is 3.28. The Bertz CT molecular complexity index is 595. The van der Waals surface area contributed by atoms with E-state index in [1.165, 1.54) is 22.8 Å². The fourth-order valence-electron chi connectivity index (χ4n) is 3.24. The number of rotatable bonds is 5. The molecule has 3 atom stereocenters. The number of hydrogen-bond acceptors (Lipinski definition) is 2. The molecule has 2 heteroatoms. The molecule has 1 saturated heterocycles. The Morgan fingerprint density at radius 1 is 1.14 bits per heavy atom. The van der Waals surface area contributed by atoms with Gasteiger partial charge in [0.15, 0.2) is 0 Å². The number of benzene rings is 2. The molecule has 0 aliphatic carbocycles. The molecular formula is C19H25NO.